The van der Waals surface area contributed by atoms with Crippen molar-refractivity contribution >= 4 is 40.1 Å². The van der Waals surface area contributed by atoms with Crippen molar-refractivity contribution in [2.24, 2.45) is 0 Å². The summed E-state index contributed by atoms with van der Waals surface area (Å²) in [7, 11) is 0. The highest BCUT2D eigenvalue weighted by molar-refractivity contribution is 7.99. The summed E-state index contributed by atoms with van der Waals surface area (Å²) in [5.74, 6) is 1.23. The van der Waals surface area contributed by atoms with Crippen molar-refractivity contribution in [3.05, 3.63) is 48.3 Å². The van der Waals surface area contributed by atoms with Gasteiger partial charge in [-0.2, -0.15) is 0 Å². The number of hydrogen-bond acceptors (Lipinski definition) is 6. The zero-order valence-corrected chi connectivity index (χ0v) is 13.1. The molecule has 3 aromatic rings. The van der Waals surface area contributed by atoms with Gasteiger partial charge in [-0.15, -0.1) is 11.8 Å². The summed E-state index contributed by atoms with van der Waals surface area (Å²) >= 11 is 3.11. The van der Waals surface area contributed by atoms with Gasteiger partial charge < -0.3 is 5.73 Å². The smallest absolute Gasteiger partial charge is 0.190 e. The highest BCUT2D eigenvalue weighted by atomic mass is 32.2. The van der Waals surface area contributed by atoms with Crippen LogP contribution in [-0.4, -0.2) is 21.2 Å². The average Bonchev–Trinajstić information content (AvgIpc) is 2.52. The molecule has 6 heteroatoms. The van der Waals surface area contributed by atoms with E-state index in [2.05, 4.69) is 33.2 Å². The Morgan fingerprint density at radius 2 is 1.90 bits per heavy atom. The number of fused-ring (bicyclic) bond motifs is 1. The molecule has 0 atom stereocenters. The molecule has 0 bridgehead atoms. The van der Waals surface area contributed by atoms with Gasteiger partial charge >= 0.3 is 0 Å². The molecule has 0 spiro atoms. The number of pyridine rings is 1. The lowest BCUT2D eigenvalue weighted by atomic mass is 10.1. The molecule has 0 saturated carbocycles. The van der Waals surface area contributed by atoms with Crippen LogP contribution >= 0.6 is 23.5 Å². The minimum atomic E-state index is 0.503. The van der Waals surface area contributed by atoms with Crippen molar-refractivity contribution in [1.82, 2.24) is 15.0 Å². The summed E-state index contributed by atoms with van der Waals surface area (Å²) in [4.78, 5) is 13.2. The number of aromatic nitrogens is 3. The van der Waals surface area contributed by atoms with E-state index in [0.717, 1.165) is 21.9 Å². The maximum absolute atomic E-state index is 5.78. The molecule has 2 aromatic heterocycles. The third-order valence-corrected chi connectivity index (χ3v) is 4.46. The number of benzene rings is 1. The first-order valence-corrected chi connectivity index (χ1v) is 8.60. The monoisotopic (exact) mass is 314 g/mol. The molecule has 106 valence electrons. The molecule has 21 heavy (non-hydrogen) atoms. The van der Waals surface area contributed by atoms with E-state index in [-0.39, 0.29) is 0 Å². The van der Waals surface area contributed by atoms with E-state index in [9.17, 15) is 0 Å². The lowest BCUT2D eigenvalue weighted by Gasteiger charge is -2.04. The van der Waals surface area contributed by atoms with E-state index in [0.29, 0.717) is 11.0 Å². The summed E-state index contributed by atoms with van der Waals surface area (Å²) in [6, 6.07) is 12.1. The van der Waals surface area contributed by atoms with Crippen molar-refractivity contribution in [2.75, 3.05) is 12.0 Å². The minimum absolute atomic E-state index is 0.503. The van der Waals surface area contributed by atoms with Crippen LogP contribution in [0.2, 0.25) is 0 Å². The molecule has 0 saturated heterocycles. The predicted molar refractivity (Wildman–Crippen MR) is 89.5 cm³/mol. The van der Waals surface area contributed by atoms with Gasteiger partial charge in [0.15, 0.2) is 5.16 Å². The van der Waals surface area contributed by atoms with E-state index in [1.807, 2.05) is 24.6 Å². The normalized spacial score (nSPS) is 10.9. The summed E-state index contributed by atoms with van der Waals surface area (Å²) in [5.41, 5.74) is 6.79. The van der Waals surface area contributed by atoms with Crippen LogP contribution < -0.4 is 5.73 Å². The first-order valence-electron chi connectivity index (χ1n) is 6.39. The molecule has 1 aromatic carbocycles. The SMILES string of the molecule is CSc1cc(N)nc(SCc2cc3ccccc3cn2)n1. The second-order valence-corrected chi connectivity index (χ2v) is 6.20. The van der Waals surface area contributed by atoms with E-state index >= 15 is 0 Å². The van der Waals surface area contributed by atoms with Crippen molar-refractivity contribution < 1.29 is 0 Å². The topological polar surface area (TPSA) is 64.7 Å². The molecule has 0 radical (unpaired) electrons. The third kappa shape index (κ3) is 3.46. The molecule has 0 aliphatic rings. The first-order chi connectivity index (χ1) is 10.2. The fourth-order valence-electron chi connectivity index (χ4n) is 1.94. The van der Waals surface area contributed by atoms with Crippen molar-refractivity contribution in [3.63, 3.8) is 0 Å². The van der Waals surface area contributed by atoms with Crippen LogP contribution in [0, 0.1) is 0 Å². The van der Waals surface area contributed by atoms with Gasteiger partial charge in [-0.1, -0.05) is 36.0 Å². The number of thioether (sulfide) groups is 2. The lowest BCUT2D eigenvalue weighted by molar-refractivity contribution is 0.900. The molecule has 0 amide bonds. The van der Waals surface area contributed by atoms with Crippen molar-refractivity contribution in [3.8, 4) is 0 Å². The molecule has 0 aliphatic carbocycles. The van der Waals surface area contributed by atoms with Gasteiger partial charge in [0.2, 0.25) is 0 Å². The van der Waals surface area contributed by atoms with Crippen LogP contribution in [0.5, 0.6) is 0 Å². The Morgan fingerprint density at radius 3 is 2.71 bits per heavy atom. The van der Waals surface area contributed by atoms with E-state index in [1.165, 1.54) is 5.39 Å². The Bertz CT molecular complexity index is 776. The standard InChI is InChI=1S/C15H14N4S2/c1-20-14-7-13(16)18-15(19-14)21-9-12-6-10-4-2-3-5-11(10)8-17-12/h2-8H,9H2,1H3,(H2,16,18,19). The van der Waals surface area contributed by atoms with Crippen molar-refractivity contribution in [1.29, 1.82) is 0 Å². The number of hydrogen-bond donors (Lipinski definition) is 1. The van der Waals surface area contributed by atoms with Crippen LogP contribution in [0.25, 0.3) is 10.8 Å². The maximum Gasteiger partial charge on any atom is 0.190 e. The first kappa shape index (κ1) is 14.2. The van der Waals surface area contributed by atoms with Gasteiger partial charge in [-0.3, -0.25) is 4.98 Å². The van der Waals surface area contributed by atoms with Gasteiger partial charge in [-0.05, 0) is 17.7 Å². The molecule has 2 N–H and O–H groups in total. The van der Waals surface area contributed by atoms with Gasteiger partial charge in [-0.25, -0.2) is 9.97 Å². The van der Waals surface area contributed by atoms with Gasteiger partial charge in [0.05, 0.1) is 5.69 Å². The molecule has 2 heterocycles. The average molecular weight is 314 g/mol. The van der Waals surface area contributed by atoms with Crippen LogP contribution in [0.1, 0.15) is 5.69 Å². The second-order valence-electron chi connectivity index (χ2n) is 4.43. The number of nitrogens with zero attached hydrogens (tertiary/aromatic N) is 3. The lowest BCUT2D eigenvalue weighted by Crippen LogP contribution is -1.96. The molecule has 4 nitrogen and oxygen atoms in total. The molecule has 0 aliphatic heterocycles. The largest absolute Gasteiger partial charge is 0.384 e. The Morgan fingerprint density at radius 1 is 1.10 bits per heavy atom. The third-order valence-electron chi connectivity index (χ3n) is 2.95. The Balaban J connectivity index is 1.78. The zero-order valence-electron chi connectivity index (χ0n) is 11.5. The quantitative estimate of drug-likeness (QED) is 0.451. The minimum Gasteiger partial charge on any atom is -0.384 e. The fourth-order valence-corrected chi connectivity index (χ4v) is 3.18. The number of anilines is 1. The maximum atomic E-state index is 5.78. The summed E-state index contributed by atoms with van der Waals surface area (Å²) in [5, 5.41) is 3.92. The Hall–Kier alpha value is -1.79. The summed E-state index contributed by atoms with van der Waals surface area (Å²) in [6.45, 7) is 0. The van der Waals surface area contributed by atoms with E-state index in [1.54, 1.807) is 29.6 Å². The Labute approximate surface area is 131 Å². The van der Waals surface area contributed by atoms with E-state index < -0.39 is 0 Å². The van der Waals surface area contributed by atoms with Gasteiger partial charge in [0.25, 0.3) is 0 Å². The summed E-state index contributed by atoms with van der Waals surface area (Å²) < 4.78 is 0. The number of rotatable bonds is 4. The predicted octanol–water partition coefficient (Wildman–Crippen LogP) is 3.62. The number of nitrogen functional groups attached to an aromatic ring is 1. The molecule has 0 unspecified atom stereocenters. The second kappa shape index (κ2) is 6.32. The fraction of sp³-hybridized carbons (Fsp3) is 0.133. The summed E-state index contributed by atoms with van der Waals surface area (Å²) in [6.07, 6.45) is 3.87. The Kier molecular flexibility index (Phi) is 4.26. The highest BCUT2D eigenvalue weighted by Gasteiger charge is 2.05. The molecule has 0 fully saturated rings. The zero-order chi connectivity index (χ0) is 14.7. The van der Waals surface area contributed by atoms with Crippen LogP contribution in [0.3, 0.4) is 0 Å². The van der Waals surface area contributed by atoms with Gasteiger partial charge in [0.1, 0.15) is 10.8 Å². The molecule has 3 rings (SSSR count). The van der Waals surface area contributed by atoms with E-state index in [4.69, 9.17) is 5.73 Å². The van der Waals surface area contributed by atoms with Crippen molar-refractivity contribution in [2.45, 2.75) is 15.9 Å². The number of nitrogens with two attached hydrogens (primary N) is 1. The molecular formula is C15H14N4S2. The molecular weight excluding hydrogens is 300 g/mol. The van der Waals surface area contributed by atoms with Crippen LogP contribution in [0.4, 0.5) is 5.82 Å². The van der Waals surface area contributed by atoms with Gasteiger partial charge in [0, 0.05) is 23.4 Å². The van der Waals surface area contributed by atoms with Crippen LogP contribution in [0.15, 0.2) is 52.8 Å². The van der Waals surface area contributed by atoms with Crippen LogP contribution in [-0.2, 0) is 5.75 Å². The highest BCUT2D eigenvalue weighted by Crippen LogP contribution is 2.24.